The Kier molecular flexibility index (Phi) is 5.25. The number of benzene rings is 1. The highest BCUT2D eigenvalue weighted by molar-refractivity contribution is 5.46. The Balaban J connectivity index is 2.09. The van der Waals surface area contributed by atoms with Crippen LogP contribution in [-0.4, -0.2) is 25.9 Å². The molecule has 108 valence electrons. The van der Waals surface area contributed by atoms with E-state index in [9.17, 15) is 0 Å². The van der Waals surface area contributed by atoms with Crippen molar-refractivity contribution in [2.24, 2.45) is 0 Å². The highest BCUT2D eigenvalue weighted by Crippen LogP contribution is 2.32. The molecule has 0 heterocycles. The summed E-state index contributed by atoms with van der Waals surface area (Å²) < 4.78 is 17.0. The van der Waals surface area contributed by atoms with Crippen molar-refractivity contribution in [2.45, 2.75) is 44.8 Å². The molecule has 1 aromatic rings. The summed E-state index contributed by atoms with van der Waals surface area (Å²) in [6, 6.07) is 7.43. The fraction of sp³-hybridized carbons (Fsp3) is 0.562. The minimum Gasteiger partial charge on any atom is -0.490 e. The van der Waals surface area contributed by atoms with E-state index in [2.05, 4.69) is 6.07 Å². The molecule has 0 N–H and O–H groups in total. The van der Waals surface area contributed by atoms with Crippen LogP contribution < -0.4 is 9.47 Å². The van der Waals surface area contributed by atoms with E-state index in [4.69, 9.17) is 19.5 Å². The molecule has 20 heavy (non-hydrogen) atoms. The third-order valence-electron chi connectivity index (χ3n) is 3.58. The van der Waals surface area contributed by atoms with Crippen LogP contribution in [0, 0.1) is 11.3 Å². The maximum Gasteiger partial charge on any atom is 0.162 e. The highest BCUT2D eigenvalue weighted by atomic mass is 16.5. The average molecular weight is 275 g/mol. The summed E-state index contributed by atoms with van der Waals surface area (Å²) in [5.41, 5.74) is 0.583. The molecular formula is C16H21NO3. The van der Waals surface area contributed by atoms with Crippen molar-refractivity contribution < 1.29 is 14.2 Å². The summed E-state index contributed by atoms with van der Waals surface area (Å²) in [6.45, 7) is 2.47. The standard InChI is InChI=1S/C16H21NO3/c1-3-19-16-9-12(11-17)7-8-15(16)20-14-6-4-5-13(10-14)18-2/h7-9,13-14H,3-6,10H2,1-2H3. The largest absolute Gasteiger partial charge is 0.490 e. The van der Waals surface area contributed by atoms with Crippen LogP contribution >= 0.6 is 0 Å². The number of methoxy groups -OCH3 is 1. The molecule has 0 amide bonds. The molecule has 2 unspecified atom stereocenters. The van der Waals surface area contributed by atoms with Crippen molar-refractivity contribution >= 4 is 0 Å². The second-order valence-corrected chi connectivity index (χ2v) is 4.97. The second-order valence-electron chi connectivity index (χ2n) is 4.97. The Hall–Kier alpha value is -1.73. The fourth-order valence-electron chi connectivity index (χ4n) is 2.55. The highest BCUT2D eigenvalue weighted by Gasteiger charge is 2.24. The van der Waals surface area contributed by atoms with Crippen molar-refractivity contribution in [1.29, 1.82) is 5.26 Å². The van der Waals surface area contributed by atoms with Crippen LogP contribution in [0.25, 0.3) is 0 Å². The van der Waals surface area contributed by atoms with Crippen LogP contribution in [0.1, 0.15) is 38.2 Å². The molecule has 0 radical (unpaired) electrons. The zero-order valence-corrected chi connectivity index (χ0v) is 12.1. The zero-order chi connectivity index (χ0) is 14.4. The average Bonchev–Trinajstić information content (AvgIpc) is 2.49. The molecule has 0 saturated heterocycles. The molecule has 2 rings (SSSR count). The van der Waals surface area contributed by atoms with Gasteiger partial charge < -0.3 is 14.2 Å². The maximum atomic E-state index is 8.95. The van der Waals surface area contributed by atoms with Crippen LogP contribution in [0.3, 0.4) is 0 Å². The van der Waals surface area contributed by atoms with Gasteiger partial charge in [-0.3, -0.25) is 0 Å². The Morgan fingerprint density at radius 2 is 2.05 bits per heavy atom. The van der Waals surface area contributed by atoms with Gasteiger partial charge in [0.25, 0.3) is 0 Å². The van der Waals surface area contributed by atoms with E-state index < -0.39 is 0 Å². The van der Waals surface area contributed by atoms with Gasteiger partial charge >= 0.3 is 0 Å². The van der Waals surface area contributed by atoms with Crippen LogP contribution in [-0.2, 0) is 4.74 Å². The molecule has 0 spiro atoms. The van der Waals surface area contributed by atoms with E-state index in [0.717, 1.165) is 25.7 Å². The summed E-state index contributed by atoms with van der Waals surface area (Å²) in [7, 11) is 1.75. The number of nitrogens with zero attached hydrogens (tertiary/aromatic N) is 1. The van der Waals surface area contributed by atoms with Gasteiger partial charge in [-0.2, -0.15) is 5.26 Å². The third kappa shape index (κ3) is 3.64. The second kappa shape index (κ2) is 7.16. The summed E-state index contributed by atoms with van der Waals surface area (Å²) >= 11 is 0. The van der Waals surface area contributed by atoms with Crippen molar-refractivity contribution in [2.75, 3.05) is 13.7 Å². The van der Waals surface area contributed by atoms with Gasteiger partial charge in [0.2, 0.25) is 0 Å². The van der Waals surface area contributed by atoms with Gasteiger partial charge in [0.1, 0.15) is 6.10 Å². The first-order valence-corrected chi connectivity index (χ1v) is 7.13. The molecule has 1 fully saturated rings. The van der Waals surface area contributed by atoms with Crippen molar-refractivity contribution in [3.8, 4) is 17.6 Å². The first-order valence-electron chi connectivity index (χ1n) is 7.13. The molecule has 1 aliphatic carbocycles. The van der Waals surface area contributed by atoms with Gasteiger partial charge in [-0.1, -0.05) is 0 Å². The lowest BCUT2D eigenvalue weighted by atomic mass is 9.95. The number of rotatable bonds is 5. The molecule has 1 aliphatic rings. The van der Waals surface area contributed by atoms with Gasteiger partial charge in [0.05, 0.1) is 24.3 Å². The normalized spacial score (nSPS) is 22.1. The van der Waals surface area contributed by atoms with Crippen LogP contribution in [0.4, 0.5) is 0 Å². The number of hydrogen-bond donors (Lipinski definition) is 0. The molecule has 0 aliphatic heterocycles. The number of nitriles is 1. The Bertz CT molecular complexity index is 481. The number of hydrogen-bond acceptors (Lipinski definition) is 4. The van der Waals surface area contributed by atoms with Crippen LogP contribution in [0.2, 0.25) is 0 Å². The topological polar surface area (TPSA) is 51.5 Å². The molecule has 0 bridgehead atoms. The first-order chi connectivity index (χ1) is 9.76. The molecular weight excluding hydrogens is 254 g/mol. The predicted molar refractivity (Wildman–Crippen MR) is 76.0 cm³/mol. The predicted octanol–water partition coefficient (Wildman–Crippen LogP) is 3.29. The maximum absolute atomic E-state index is 8.95. The van der Waals surface area contributed by atoms with E-state index >= 15 is 0 Å². The van der Waals surface area contributed by atoms with Gasteiger partial charge in [0, 0.05) is 19.6 Å². The minimum absolute atomic E-state index is 0.154. The van der Waals surface area contributed by atoms with E-state index in [1.54, 1.807) is 19.2 Å². The quantitative estimate of drug-likeness (QED) is 0.827. The summed E-state index contributed by atoms with van der Waals surface area (Å²) in [5, 5.41) is 8.95. The van der Waals surface area contributed by atoms with E-state index in [1.165, 1.54) is 0 Å². The van der Waals surface area contributed by atoms with Crippen molar-refractivity contribution in [3.05, 3.63) is 23.8 Å². The summed E-state index contributed by atoms with van der Waals surface area (Å²) in [5.74, 6) is 1.36. The van der Waals surface area contributed by atoms with Crippen LogP contribution in [0.5, 0.6) is 11.5 Å². The Labute approximate surface area is 120 Å². The number of ether oxygens (including phenoxy) is 3. The Morgan fingerprint density at radius 1 is 1.25 bits per heavy atom. The lowest BCUT2D eigenvalue weighted by molar-refractivity contribution is 0.0200. The lowest BCUT2D eigenvalue weighted by Gasteiger charge is -2.29. The molecule has 1 saturated carbocycles. The van der Waals surface area contributed by atoms with Crippen molar-refractivity contribution in [1.82, 2.24) is 0 Å². The molecule has 1 aromatic carbocycles. The summed E-state index contributed by atoms with van der Waals surface area (Å²) in [4.78, 5) is 0. The van der Waals surface area contributed by atoms with E-state index in [-0.39, 0.29) is 12.2 Å². The molecule has 4 heteroatoms. The fourth-order valence-corrected chi connectivity index (χ4v) is 2.55. The SMILES string of the molecule is CCOc1cc(C#N)ccc1OC1CCCC(OC)C1. The first kappa shape index (κ1) is 14.7. The summed E-state index contributed by atoms with van der Waals surface area (Å²) in [6.07, 6.45) is 4.59. The smallest absolute Gasteiger partial charge is 0.162 e. The monoisotopic (exact) mass is 275 g/mol. The van der Waals surface area contributed by atoms with Crippen LogP contribution in [0.15, 0.2) is 18.2 Å². The Morgan fingerprint density at radius 3 is 2.75 bits per heavy atom. The van der Waals surface area contributed by atoms with Gasteiger partial charge in [-0.05, 0) is 38.3 Å². The molecule has 0 aromatic heterocycles. The van der Waals surface area contributed by atoms with Gasteiger partial charge in [0.15, 0.2) is 11.5 Å². The van der Waals surface area contributed by atoms with Gasteiger partial charge in [-0.25, -0.2) is 0 Å². The molecule has 2 atom stereocenters. The third-order valence-corrected chi connectivity index (χ3v) is 3.58. The van der Waals surface area contributed by atoms with E-state index in [0.29, 0.717) is 23.7 Å². The zero-order valence-electron chi connectivity index (χ0n) is 12.1. The molecule has 4 nitrogen and oxygen atoms in total. The lowest BCUT2D eigenvalue weighted by Crippen LogP contribution is -2.29. The van der Waals surface area contributed by atoms with Crippen molar-refractivity contribution in [3.63, 3.8) is 0 Å². The van der Waals surface area contributed by atoms with Gasteiger partial charge in [-0.15, -0.1) is 0 Å². The van der Waals surface area contributed by atoms with E-state index in [1.807, 2.05) is 13.0 Å². The minimum atomic E-state index is 0.154.